The molecule has 0 fully saturated rings. The summed E-state index contributed by atoms with van der Waals surface area (Å²) in [6.45, 7) is 4.32. The fourth-order valence-electron chi connectivity index (χ4n) is 2.09. The minimum Gasteiger partial charge on any atom is -0.495 e. The standard InChI is InChI=1S/C19H21NO2/c1-14(2)16-11-8-15(9-12-16)10-13-19(21)20-17-6-4-5-7-18(17)22-3/h4-14H,1-3H3,(H,20,21)/b13-10+. The van der Waals surface area contributed by atoms with Crippen LogP contribution in [0.3, 0.4) is 0 Å². The Hall–Kier alpha value is -2.55. The molecular formula is C19H21NO2. The number of ether oxygens (including phenoxy) is 1. The van der Waals surface area contributed by atoms with Crippen molar-refractivity contribution in [2.75, 3.05) is 12.4 Å². The van der Waals surface area contributed by atoms with E-state index in [1.54, 1.807) is 13.2 Å². The van der Waals surface area contributed by atoms with Crippen molar-refractivity contribution in [2.45, 2.75) is 19.8 Å². The molecule has 0 heterocycles. The van der Waals surface area contributed by atoms with E-state index < -0.39 is 0 Å². The highest BCUT2D eigenvalue weighted by Gasteiger charge is 2.04. The van der Waals surface area contributed by atoms with Crippen molar-refractivity contribution in [3.63, 3.8) is 0 Å². The lowest BCUT2D eigenvalue weighted by Crippen LogP contribution is -2.08. The molecule has 0 aromatic heterocycles. The number of amides is 1. The first kappa shape index (κ1) is 15.8. The molecule has 0 unspecified atom stereocenters. The molecule has 3 nitrogen and oxygen atoms in total. The summed E-state index contributed by atoms with van der Waals surface area (Å²) >= 11 is 0. The lowest BCUT2D eigenvalue weighted by atomic mass is 10.0. The highest BCUT2D eigenvalue weighted by molar-refractivity contribution is 6.02. The van der Waals surface area contributed by atoms with Crippen LogP contribution in [0.2, 0.25) is 0 Å². The number of hydrogen-bond donors (Lipinski definition) is 1. The Morgan fingerprint density at radius 2 is 1.77 bits per heavy atom. The Balaban J connectivity index is 2.02. The molecule has 114 valence electrons. The van der Waals surface area contributed by atoms with Crippen LogP contribution in [0.4, 0.5) is 5.69 Å². The van der Waals surface area contributed by atoms with Crippen molar-refractivity contribution in [1.29, 1.82) is 0 Å². The Morgan fingerprint density at radius 3 is 2.41 bits per heavy atom. The summed E-state index contributed by atoms with van der Waals surface area (Å²) < 4.78 is 5.21. The van der Waals surface area contributed by atoms with Crippen LogP contribution in [0.15, 0.2) is 54.6 Å². The van der Waals surface area contributed by atoms with Gasteiger partial charge >= 0.3 is 0 Å². The van der Waals surface area contributed by atoms with Crippen LogP contribution in [0.5, 0.6) is 5.75 Å². The first-order chi connectivity index (χ1) is 10.6. The molecule has 2 aromatic rings. The zero-order chi connectivity index (χ0) is 15.9. The smallest absolute Gasteiger partial charge is 0.248 e. The molecule has 0 bridgehead atoms. The van der Waals surface area contributed by atoms with Gasteiger partial charge in [-0.05, 0) is 35.3 Å². The van der Waals surface area contributed by atoms with E-state index in [9.17, 15) is 4.79 Å². The Morgan fingerprint density at radius 1 is 1.09 bits per heavy atom. The molecule has 1 N–H and O–H groups in total. The lowest BCUT2D eigenvalue weighted by molar-refractivity contribution is -0.111. The number of benzene rings is 2. The fraction of sp³-hybridized carbons (Fsp3) is 0.211. The molecule has 0 radical (unpaired) electrons. The Labute approximate surface area is 131 Å². The zero-order valence-electron chi connectivity index (χ0n) is 13.2. The monoisotopic (exact) mass is 295 g/mol. The lowest BCUT2D eigenvalue weighted by Gasteiger charge is -2.08. The van der Waals surface area contributed by atoms with Gasteiger partial charge in [0, 0.05) is 6.08 Å². The van der Waals surface area contributed by atoms with Gasteiger partial charge in [0.25, 0.3) is 0 Å². The van der Waals surface area contributed by atoms with Gasteiger partial charge in [0.2, 0.25) is 5.91 Å². The third kappa shape index (κ3) is 4.22. The molecule has 0 saturated carbocycles. The normalized spacial score (nSPS) is 10.9. The van der Waals surface area contributed by atoms with E-state index in [0.29, 0.717) is 17.4 Å². The summed E-state index contributed by atoms with van der Waals surface area (Å²) in [4.78, 5) is 12.0. The zero-order valence-corrected chi connectivity index (χ0v) is 13.2. The molecule has 0 aliphatic carbocycles. The maximum absolute atomic E-state index is 12.0. The summed E-state index contributed by atoms with van der Waals surface area (Å²) in [5.74, 6) is 0.967. The molecular weight excluding hydrogens is 274 g/mol. The third-order valence-corrected chi connectivity index (χ3v) is 3.40. The van der Waals surface area contributed by atoms with Crippen molar-refractivity contribution in [3.05, 3.63) is 65.7 Å². The number of nitrogens with one attached hydrogen (secondary N) is 1. The van der Waals surface area contributed by atoms with Crippen LogP contribution in [0.25, 0.3) is 6.08 Å². The minimum absolute atomic E-state index is 0.183. The van der Waals surface area contributed by atoms with Crippen molar-refractivity contribution in [2.24, 2.45) is 0 Å². The van der Waals surface area contributed by atoms with Crippen LogP contribution in [0, 0.1) is 0 Å². The van der Waals surface area contributed by atoms with Gasteiger partial charge in [0.15, 0.2) is 0 Å². The van der Waals surface area contributed by atoms with E-state index in [0.717, 1.165) is 5.56 Å². The van der Waals surface area contributed by atoms with E-state index in [2.05, 4.69) is 31.3 Å². The molecule has 1 amide bonds. The molecule has 0 spiro atoms. The van der Waals surface area contributed by atoms with Crippen molar-refractivity contribution < 1.29 is 9.53 Å². The summed E-state index contributed by atoms with van der Waals surface area (Å²) in [5, 5.41) is 2.81. The summed E-state index contributed by atoms with van der Waals surface area (Å²) in [6.07, 6.45) is 3.33. The molecule has 0 aliphatic rings. The Kier molecular flexibility index (Phi) is 5.37. The van der Waals surface area contributed by atoms with Gasteiger partial charge in [-0.1, -0.05) is 50.2 Å². The van der Waals surface area contributed by atoms with Crippen molar-refractivity contribution in [3.8, 4) is 5.75 Å². The summed E-state index contributed by atoms with van der Waals surface area (Å²) in [5.41, 5.74) is 2.95. The molecule has 3 heteroatoms. The highest BCUT2D eigenvalue weighted by Crippen LogP contribution is 2.23. The number of rotatable bonds is 5. The summed E-state index contributed by atoms with van der Waals surface area (Å²) in [7, 11) is 1.58. The van der Waals surface area contributed by atoms with Gasteiger partial charge in [-0.2, -0.15) is 0 Å². The number of methoxy groups -OCH3 is 1. The molecule has 0 atom stereocenters. The van der Waals surface area contributed by atoms with E-state index in [1.165, 1.54) is 11.6 Å². The number of carbonyl (C=O) groups excluding carboxylic acids is 1. The van der Waals surface area contributed by atoms with Crippen molar-refractivity contribution >= 4 is 17.7 Å². The van der Waals surface area contributed by atoms with E-state index >= 15 is 0 Å². The molecule has 2 rings (SSSR count). The average molecular weight is 295 g/mol. The highest BCUT2D eigenvalue weighted by atomic mass is 16.5. The van der Waals surface area contributed by atoms with Crippen LogP contribution in [0.1, 0.15) is 30.9 Å². The second-order valence-corrected chi connectivity index (χ2v) is 5.34. The van der Waals surface area contributed by atoms with Gasteiger partial charge in [0.1, 0.15) is 5.75 Å². The minimum atomic E-state index is -0.183. The average Bonchev–Trinajstić information content (AvgIpc) is 2.54. The van der Waals surface area contributed by atoms with Crippen molar-refractivity contribution in [1.82, 2.24) is 0 Å². The molecule has 2 aromatic carbocycles. The first-order valence-electron chi connectivity index (χ1n) is 7.32. The maximum Gasteiger partial charge on any atom is 0.248 e. The number of carbonyl (C=O) groups is 1. The first-order valence-corrected chi connectivity index (χ1v) is 7.32. The number of anilines is 1. The quantitative estimate of drug-likeness (QED) is 0.826. The fourth-order valence-corrected chi connectivity index (χ4v) is 2.09. The third-order valence-electron chi connectivity index (χ3n) is 3.40. The van der Waals surface area contributed by atoms with Gasteiger partial charge < -0.3 is 10.1 Å². The van der Waals surface area contributed by atoms with E-state index in [1.807, 2.05) is 36.4 Å². The molecule has 22 heavy (non-hydrogen) atoms. The van der Waals surface area contributed by atoms with Gasteiger partial charge in [-0.15, -0.1) is 0 Å². The SMILES string of the molecule is COc1ccccc1NC(=O)/C=C/c1ccc(C(C)C)cc1. The van der Waals surface area contributed by atoms with Crippen LogP contribution >= 0.6 is 0 Å². The van der Waals surface area contributed by atoms with Gasteiger partial charge in [-0.3, -0.25) is 4.79 Å². The number of hydrogen-bond acceptors (Lipinski definition) is 2. The second-order valence-electron chi connectivity index (χ2n) is 5.34. The molecule has 0 saturated heterocycles. The van der Waals surface area contributed by atoms with Gasteiger partial charge in [0.05, 0.1) is 12.8 Å². The summed E-state index contributed by atoms with van der Waals surface area (Å²) in [6, 6.07) is 15.5. The maximum atomic E-state index is 12.0. The largest absolute Gasteiger partial charge is 0.495 e. The van der Waals surface area contributed by atoms with Crippen LogP contribution in [-0.4, -0.2) is 13.0 Å². The van der Waals surface area contributed by atoms with E-state index in [-0.39, 0.29) is 5.91 Å². The van der Waals surface area contributed by atoms with Crippen LogP contribution in [-0.2, 0) is 4.79 Å². The second kappa shape index (κ2) is 7.46. The van der Waals surface area contributed by atoms with Gasteiger partial charge in [-0.25, -0.2) is 0 Å². The topological polar surface area (TPSA) is 38.3 Å². The predicted octanol–water partition coefficient (Wildman–Crippen LogP) is 4.47. The molecule has 0 aliphatic heterocycles. The van der Waals surface area contributed by atoms with E-state index in [4.69, 9.17) is 4.74 Å². The Bertz CT molecular complexity index is 657. The van der Waals surface area contributed by atoms with Crippen LogP contribution < -0.4 is 10.1 Å². The predicted molar refractivity (Wildman–Crippen MR) is 91.2 cm³/mol. The number of para-hydroxylation sites is 2.